The molecule has 3 unspecified atom stereocenters. The molecule has 110 valence electrons. The third-order valence-electron chi connectivity index (χ3n) is 4.10. The van der Waals surface area contributed by atoms with Gasteiger partial charge in [-0.15, -0.1) is 0 Å². The lowest BCUT2D eigenvalue weighted by Gasteiger charge is -2.17. The van der Waals surface area contributed by atoms with Crippen molar-refractivity contribution < 1.29 is 0 Å². The van der Waals surface area contributed by atoms with Crippen molar-refractivity contribution in [1.29, 1.82) is 0 Å². The van der Waals surface area contributed by atoms with Gasteiger partial charge in [-0.1, -0.05) is 80.1 Å². The van der Waals surface area contributed by atoms with Crippen molar-refractivity contribution in [3.63, 3.8) is 0 Å². The Labute approximate surface area is 117 Å². The average Bonchev–Trinajstić information content (AvgIpc) is 2.23. The van der Waals surface area contributed by atoms with Gasteiger partial charge in [-0.3, -0.25) is 0 Å². The Balaban J connectivity index is 3.47. The SMILES string of the molecule is CCCC(C)CC(C)CCCCC(C)CC(C)C. The highest BCUT2D eigenvalue weighted by Crippen LogP contribution is 2.23. The van der Waals surface area contributed by atoms with Gasteiger partial charge < -0.3 is 0 Å². The van der Waals surface area contributed by atoms with Crippen LogP contribution in [0, 0.1) is 23.7 Å². The van der Waals surface area contributed by atoms with E-state index in [1.165, 1.54) is 51.4 Å². The Morgan fingerprint density at radius 3 is 1.50 bits per heavy atom. The quantitative estimate of drug-likeness (QED) is 0.360. The Hall–Kier alpha value is 0. The molecule has 0 aromatic carbocycles. The van der Waals surface area contributed by atoms with Crippen LogP contribution in [0.25, 0.3) is 0 Å². The standard InChI is InChI=1S/C18H38/c1-7-10-16(4)14-18(6)12-9-8-11-17(5)13-15(2)3/h15-18H,7-14H2,1-6H3. The van der Waals surface area contributed by atoms with Crippen LogP contribution in [0.2, 0.25) is 0 Å². The molecule has 0 saturated carbocycles. The molecule has 0 aliphatic rings. The third kappa shape index (κ3) is 11.1. The third-order valence-corrected chi connectivity index (χ3v) is 4.10. The highest BCUT2D eigenvalue weighted by molar-refractivity contribution is 4.61. The molecule has 0 spiro atoms. The monoisotopic (exact) mass is 254 g/mol. The summed E-state index contributed by atoms with van der Waals surface area (Å²) in [6.07, 6.45) is 11.4. The van der Waals surface area contributed by atoms with Gasteiger partial charge in [-0.05, 0) is 36.5 Å². The van der Waals surface area contributed by atoms with Crippen LogP contribution in [0.5, 0.6) is 0 Å². The summed E-state index contributed by atoms with van der Waals surface area (Å²) in [6, 6.07) is 0. The van der Waals surface area contributed by atoms with Gasteiger partial charge >= 0.3 is 0 Å². The second-order valence-electron chi connectivity index (χ2n) is 7.25. The van der Waals surface area contributed by atoms with E-state index in [2.05, 4.69) is 41.5 Å². The van der Waals surface area contributed by atoms with Crippen molar-refractivity contribution in [3.05, 3.63) is 0 Å². The predicted molar refractivity (Wildman–Crippen MR) is 84.9 cm³/mol. The zero-order chi connectivity index (χ0) is 14.0. The summed E-state index contributed by atoms with van der Waals surface area (Å²) >= 11 is 0. The minimum atomic E-state index is 0.869. The first-order valence-corrected chi connectivity index (χ1v) is 8.45. The van der Waals surface area contributed by atoms with Crippen LogP contribution in [0.3, 0.4) is 0 Å². The molecule has 0 radical (unpaired) electrons. The number of hydrogen-bond donors (Lipinski definition) is 0. The van der Waals surface area contributed by atoms with Crippen molar-refractivity contribution in [2.24, 2.45) is 23.7 Å². The van der Waals surface area contributed by atoms with Crippen LogP contribution >= 0.6 is 0 Å². The molecular weight excluding hydrogens is 216 g/mol. The average molecular weight is 255 g/mol. The maximum Gasteiger partial charge on any atom is -0.0440 e. The zero-order valence-corrected chi connectivity index (χ0v) is 14.0. The van der Waals surface area contributed by atoms with Gasteiger partial charge in [0.2, 0.25) is 0 Å². The van der Waals surface area contributed by atoms with E-state index in [0.29, 0.717) is 0 Å². The highest BCUT2D eigenvalue weighted by Gasteiger charge is 2.09. The summed E-state index contributed by atoms with van der Waals surface area (Å²) in [5.74, 6) is 3.67. The number of hydrogen-bond acceptors (Lipinski definition) is 0. The first-order valence-electron chi connectivity index (χ1n) is 8.45. The maximum atomic E-state index is 2.45. The molecule has 0 rings (SSSR count). The highest BCUT2D eigenvalue weighted by atomic mass is 14.1. The Kier molecular flexibility index (Phi) is 10.9. The van der Waals surface area contributed by atoms with E-state index >= 15 is 0 Å². The molecule has 0 heterocycles. The van der Waals surface area contributed by atoms with Crippen LogP contribution < -0.4 is 0 Å². The van der Waals surface area contributed by atoms with Gasteiger partial charge in [0.15, 0.2) is 0 Å². The molecule has 0 fully saturated rings. The molecule has 0 aromatic rings. The Bertz CT molecular complexity index is 171. The molecule has 0 saturated heterocycles. The van der Waals surface area contributed by atoms with E-state index < -0.39 is 0 Å². The lowest BCUT2D eigenvalue weighted by atomic mass is 9.89. The molecule has 0 amide bonds. The minimum Gasteiger partial charge on any atom is -0.0654 e. The van der Waals surface area contributed by atoms with Crippen molar-refractivity contribution in [1.82, 2.24) is 0 Å². The van der Waals surface area contributed by atoms with Crippen LogP contribution in [0.4, 0.5) is 0 Å². The second kappa shape index (κ2) is 10.9. The molecule has 0 aromatic heterocycles. The summed E-state index contributed by atoms with van der Waals surface area (Å²) in [5.41, 5.74) is 0. The van der Waals surface area contributed by atoms with Crippen LogP contribution in [-0.4, -0.2) is 0 Å². The minimum absolute atomic E-state index is 0.869. The van der Waals surface area contributed by atoms with Gasteiger partial charge in [-0.2, -0.15) is 0 Å². The van der Waals surface area contributed by atoms with Crippen LogP contribution in [-0.2, 0) is 0 Å². The van der Waals surface area contributed by atoms with E-state index in [4.69, 9.17) is 0 Å². The molecule has 0 bridgehead atoms. The van der Waals surface area contributed by atoms with E-state index in [1.54, 1.807) is 0 Å². The Morgan fingerprint density at radius 2 is 1.06 bits per heavy atom. The second-order valence-corrected chi connectivity index (χ2v) is 7.25. The number of unbranched alkanes of at least 4 members (excludes halogenated alkanes) is 1. The Morgan fingerprint density at radius 1 is 0.611 bits per heavy atom. The maximum absolute atomic E-state index is 2.45. The van der Waals surface area contributed by atoms with Crippen molar-refractivity contribution in [3.8, 4) is 0 Å². The van der Waals surface area contributed by atoms with Gasteiger partial charge in [-0.25, -0.2) is 0 Å². The molecule has 0 N–H and O–H groups in total. The number of rotatable bonds is 11. The summed E-state index contributed by atoms with van der Waals surface area (Å²) in [4.78, 5) is 0. The van der Waals surface area contributed by atoms with Gasteiger partial charge in [0.1, 0.15) is 0 Å². The molecule has 0 heteroatoms. The van der Waals surface area contributed by atoms with E-state index in [9.17, 15) is 0 Å². The lowest BCUT2D eigenvalue weighted by Crippen LogP contribution is -2.04. The molecule has 18 heavy (non-hydrogen) atoms. The fraction of sp³-hybridized carbons (Fsp3) is 1.00. The molecule has 0 nitrogen and oxygen atoms in total. The lowest BCUT2D eigenvalue weighted by molar-refractivity contribution is 0.351. The molecule has 0 aliphatic heterocycles. The van der Waals surface area contributed by atoms with E-state index in [-0.39, 0.29) is 0 Å². The summed E-state index contributed by atoms with van der Waals surface area (Å²) in [7, 11) is 0. The van der Waals surface area contributed by atoms with Crippen LogP contribution in [0.1, 0.15) is 92.9 Å². The molecule has 3 atom stereocenters. The van der Waals surface area contributed by atoms with Gasteiger partial charge in [0.05, 0.1) is 0 Å². The molecule has 0 aliphatic carbocycles. The van der Waals surface area contributed by atoms with E-state index in [1.807, 2.05) is 0 Å². The van der Waals surface area contributed by atoms with Gasteiger partial charge in [0.25, 0.3) is 0 Å². The first-order chi connectivity index (χ1) is 8.45. The summed E-state index contributed by atoms with van der Waals surface area (Å²) in [5, 5.41) is 0. The largest absolute Gasteiger partial charge is 0.0654 e. The van der Waals surface area contributed by atoms with Crippen LogP contribution in [0.15, 0.2) is 0 Å². The zero-order valence-electron chi connectivity index (χ0n) is 14.0. The fourth-order valence-electron chi connectivity index (χ4n) is 3.32. The van der Waals surface area contributed by atoms with Crippen molar-refractivity contribution in [2.75, 3.05) is 0 Å². The normalized spacial score (nSPS) is 16.8. The smallest absolute Gasteiger partial charge is 0.0440 e. The summed E-state index contributed by atoms with van der Waals surface area (Å²) < 4.78 is 0. The van der Waals surface area contributed by atoms with Crippen molar-refractivity contribution in [2.45, 2.75) is 92.9 Å². The van der Waals surface area contributed by atoms with Crippen molar-refractivity contribution >= 4 is 0 Å². The fourth-order valence-corrected chi connectivity index (χ4v) is 3.32. The van der Waals surface area contributed by atoms with Gasteiger partial charge in [0, 0.05) is 0 Å². The topological polar surface area (TPSA) is 0 Å². The van der Waals surface area contributed by atoms with E-state index in [0.717, 1.165) is 23.7 Å². The summed E-state index contributed by atoms with van der Waals surface area (Å²) in [6.45, 7) is 14.3. The first kappa shape index (κ1) is 18.0. The molecular formula is C18H38. The predicted octanol–water partition coefficient (Wildman–Crippen LogP) is 6.69.